The molecule has 1 aromatic heterocycles. The predicted molar refractivity (Wildman–Crippen MR) is 69.3 cm³/mol. The number of methoxy groups -OCH3 is 1. The van der Waals surface area contributed by atoms with Gasteiger partial charge in [0, 0.05) is 6.54 Å². The van der Waals surface area contributed by atoms with E-state index in [1.807, 2.05) is 12.1 Å². The minimum absolute atomic E-state index is 0.0415. The zero-order chi connectivity index (χ0) is 12.1. The second kappa shape index (κ2) is 5.36. The van der Waals surface area contributed by atoms with Crippen molar-refractivity contribution in [3.63, 3.8) is 0 Å². The summed E-state index contributed by atoms with van der Waals surface area (Å²) >= 11 is 0. The zero-order valence-electron chi connectivity index (χ0n) is 10.4. The Balaban J connectivity index is 2.06. The summed E-state index contributed by atoms with van der Waals surface area (Å²) in [6.45, 7) is 0.667. The van der Waals surface area contributed by atoms with E-state index in [-0.39, 0.29) is 5.54 Å². The Morgan fingerprint density at radius 3 is 2.65 bits per heavy atom. The highest BCUT2D eigenvalue weighted by molar-refractivity contribution is 5.40. The van der Waals surface area contributed by atoms with Crippen molar-refractivity contribution in [2.75, 3.05) is 19.0 Å². The van der Waals surface area contributed by atoms with E-state index in [0.717, 1.165) is 24.4 Å². The average Bonchev–Trinajstić information content (AvgIpc) is 2.41. The Morgan fingerprint density at radius 2 is 2.12 bits per heavy atom. The number of rotatable bonds is 4. The van der Waals surface area contributed by atoms with Crippen LogP contribution in [-0.2, 0) is 0 Å². The third kappa shape index (κ3) is 2.88. The summed E-state index contributed by atoms with van der Waals surface area (Å²) in [6, 6.07) is 3.87. The van der Waals surface area contributed by atoms with Crippen LogP contribution in [0.1, 0.15) is 32.1 Å². The second-order valence-electron chi connectivity index (χ2n) is 4.75. The molecular formula is C13H21N3O. The maximum atomic E-state index is 5.93. The van der Waals surface area contributed by atoms with Crippen molar-refractivity contribution >= 4 is 5.82 Å². The normalized spacial score (nSPS) is 18.7. The van der Waals surface area contributed by atoms with Crippen LogP contribution in [0.2, 0.25) is 0 Å². The van der Waals surface area contributed by atoms with Crippen molar-refractivity contribution < 1.29 is 4.74 Å². The van der Waals surface area contributed by atoms with Gasteiger partial charge in [-0.15, -0.1) is 0 Å². The molecule has 4 nitrogen and oxygen atoms in total. The number of ether oxygens (including phenoxy) is 1. The quantitative estimate of drug-likeness (QED) is 0.839. The van der Waals surface area contributed by atoms with E-state index in [0.29, 0.717) is 6.54 Å². The average molecular weight is 235 g/mol. The van der Waals surface area contributed by atoms with Crippen molar-refractivity contribution in [3.8, 4) is 5.75 Å². The van der Waals surface area contributed by atoms with Crippen LogP contribution in [0.4, 0.5) is 5.82 Å². The highest BCUT2D eigenvalue weighted by Crippen LogP contribution is 2.30. The van der Waals surface area contributed by atoms with Crippen LogP contribution in [0.5, 0.6) is 5.75 Å². The van der Waals surface area contributed by atoms with E-state index in [1.165, 1.54) is 19.3 Å². The summed E-state index contributed by atoms with van der Waals surface area (Å²) < 4.78 is 5.10. The molecule has 0 aromatic carbocycles. The van der Waals surface area contributed by atoms with Crippen LogP contribution < -0.4 is 15.8 Å². The predicted octanol–water partition coefficient (Wildman–Crippen LogP) is 2.16. The van der Waals surface area contributed by atoms with Gasteiger partial charge in [0.15, 0.2) is 0 Å². The lowest BCUT2D eigenvalue weighted by atomic mass is 9.81. The van der Waals surface area contributed by atoms with Crippen molar-refractivity contribution in [3.05, 3.63) is 18.3 Å². The van der Waals surface area contributed by atoms with Gasteiger partial charge in [0.25, 0.3) is 0 Å². The lowest BCUT2D eigenvalue weighted by Crippen LogP contribution is -2.47. The Morgan fingerprint density at radius 1 is 1.35 bits per heavy atom. The topological polar surface area (TPSA) is 60.2 Å². The summed E-state index contributed by atoms with van der Waals surface area (Å²) in [5.41, 5.74) is 5.97. The van der Waals surface area contributed by atoms with E-state index < -0.39 is 0 Å². The van der Waals surface area contributed by atoms with Gasteiger partial charge >= 0.3 is 0 Å². The molecule has 0 aliphatic heterocycles. The van der Waals surface area contributed by atoms with Crippen LogP contribution >= 0.6 is 0 Å². The number of hydrogen-bond acceptors (Lipinski definition) is 4. The van der Waals surface area contributed by atoms with Gasteiger partial charge in [-0.3, -0.25) is 0 Å². The first-order valence-electron chi connectivity index (χ1n) is 6.26. The molecule has 3 N–H and O–H groups in total. The third-order valence-corrected chi connectivity index (χ3v) is 3.57. The Kier molecular flexibility index (Phi) is 3.84. The smallest absolute Gasteiger partial charge is 0.137 e. The van der Waals surface area contributed by atoms with Gasteiger partial charge in [0.05, 0.1) is 18.8 Å². The van der Waals surface area contributed by atoms with Crippen molar-refractivity contribution in [2.45, 2.75) is 37.6 Å². The van der Waals surface area contributed by atoms with Crippen LogP contribution in [0, 0.1) is 0 Å². The molecule has 2 rings (SSSR count). The van der Waals surface area contributed by atoms with Crippen molar-refractivity contribution in [1.82, 2.24) is 4.98 Å². The lowest BCUT2D eigenvalue weighted by Gasteiger charge is -2.37. The monoisotopic (exact) mass is 235 g/mol. The molecule has 0 saturated heterocycles. The van der Waals surface area contributed by atoms with Gasteiger partial charge in [-0.2, -0.15) is 0 Å². The summed E-state index contributed by atoms with van der Waals surface area (Å²) in [7, 11) is 1.65. The van der Waals surface area contributed by atoms with Crippen LogP contribution in [-0.4, -0.2) is 24.2 Å². The molecule has 1 saturated carbocycles. The number of hydrogen-bond donors (Lipinski definition) is 2. The highest BCUT2D eigenvalue weighted by Gasteiger charge is 2.30. The summed E-state index contributed by atoms with van der Waals surface area (Å²) in [6.07, 6.45) is 7.82. The van der Waals surface area contributed by atoms with E-state index in [1.54, 1.807) is 13.3 Å². The highest BCUT2D eigenvalue weighted by atomic mass is 16.5. The maximum absolute atomic E-state index is 5.93. The van der Waals surface area contributed by atoms with E-state index in [2.05, 4.69) is 10.3 Å². The number of anilines is 1. The van der Waals surface area contributed by atoms with Crippen LogP contribution in [0.15, 0.2) is 18.3 Å². The standard InChI is InChI=1S/C13H21N3O/c1-17-11-5-6-12(15-9-11)16-13(10-14)7-3-2-4-8-13/h5-6,9H,2-4,7-8,10,14H2,1H3,(H,15,16). The fourth-order valence-corrected chi connectivity index (χ4v) is 2.46. The molecule has 0 spiro atoms. The molecule has 94 valence electrons. The first-order valence-corrected chi connectivity index (χ1v) is 6.26. The molecular weight excluding hydrogens is 214 g/mol. The Hall–Kier alpha value is -1.29. The molecule has 1 fully saturated rings. The van der Waals surface area contributed by atoms with Gasteiger partial charge in [-0.05, 0) is 25.0 Å². The van der Waals surface area contributed by atoms with Gasteiger partial charge in [0.1, 0.15) is 11.6 Å². The van der Waals surface area contributed by atoms with E-state index in [9.17, 15) is 0 Å². The van der Waals surface area contributed by atoms with E-state index in [4.69, 9.17) is 10.5 Å². The molecule has 0 bridgehead atoms. The molecule has 0 radical (unpaired) electrons. The fraction of sp³-hybridized carbons (Fsp3) is 0.615. The minimum Gasteiger partial charge on any atom is -0.495 e. The Bertz CT molecular complexity index is 344. The number of nitrogens with two attached hydrogens (primary N) is 1. The summed E-state index contributed by atoms with van der Waals surface area (Å²) in [5, 5.41) is 3.50. The number of nitrogens with zero attached hydrogens (tertiary/aromatic N) is 1. The molecule has 1 heterocycles. The van der Waals surface area contributed by atoms with Gasteiger partial charge in [0.2, 0.25) is 0 Å². The van der Waals surface area contributed by atoms with Gasteiger partial charge in [-0.1, -0.05) is 19.3 Å². The summed E-state index contributed by atoms with van der Waals surface area (Å²) in [4.78, 5) is 4.34. The third-order valence-electron chi connectivity index (χ3n) is 3.57. The SMILES string of the molecule is COc1ccc(NC2(CN)CCCCC2)nc1. The molecule has 0 amide bonds. The van der Waals surface area contributed by atoms with E-state index >= 15 is 0 Å². The van der Waals surface area contributed by atoms with Gasteiger partial charge < -0.3 is 15.8 Å². The second-order valence-corrected chi connectivity index (χ2v) is 4.75. The first kappa shape index (κ1) is 12.2. The maximum Gasteiger partial charge on any atom is 0.137 e. The van der Waals surface area contributed by atoms with Crippen LogP contribution in [0.3, 0.4) is 0 Å². The minimum atomic E-state index is 0.0415. The number of nitrogens with one attached hydrogen (secondary N) is 1. The molecule has 1 aromatic rings. The summed E-state index contributed by atoms with van der Waals surface area (Å²) in [5.74, 6) is 1.67. The molecule has 0 atom stereocenters. The molecule has 1 aliphatic carbocycles. The van der Waals surface area contributed by atoms with Crippen molar-refractivity contribution in [1.29, 1.82) is 0 Å². The lowest BCUT2D eigenvalue weighted by molar-refractivity contribution is 0.330. The van der Waals surface area contributed by atoms with Crippen molar-refractivity contribution in [2.24, 2.45) is 5.73 Å². The molecule has 4 heteroatoms. The zero-order valence-corrected chi connectivity index (χ0v) is 10.4. The number of pyridine rings is 1. The first-order chi connectivity index (χ1) is 8.28. The molecule has 17 heavy (non-hydrogen) atoms. The largest absolute Gasteiger partial charge is 0.495 e. The number of aromatic nitrogens is 1. The molecule has 1 aliphatic rings. The van der Waals surface area contributed by atoms with Crippen LogP contribution in [0.25, 0.3) is 0 Å². The Labute approximate surface area is 103 Å². The molecule has 0 unspecified atom stereocenters. The fourth-order valence-electron chi connectivity index (χ4n) is 2.46. The van der Waals surface area contributed by atoms with Gasteiger partial charge in [-0.25, -0.2) is 4.98 Å².